The van der Waals surface area contributed by atoms with Crippen LogP contribution in [0.5, 0.6) is 0 Å². The molecule has 0 aliphatic heterocycles. The molecule has 0 aromatic carbocycles. The Labute approximate surface area is 83.2 Å². The van der Waals surface area contributed by atoms with Crippen LogP contribution in [0, 0.1) is 0 Å². The summed E-state index contributed by atoms with van der Waals surface area (Å²) in [6, 6.07) is 0. The molecule has 6 heteroatoms. The Morgan fingerprint density at radius 3 is 2.14 bits per heavy atom. The van der Waals surface area contributed by atoms with Crippen molar-refractivity contribution in [1.29, 1.82) is 0 Å². The molecule has 0 aromatic rings. The van der Waals surface area contributed by atoms with E-state index in [9.17, 15) is 13.2 Å². The molecule has 0 aliphatic carbocycles. The maximum absolute atomic E-state index is 10.8. The van der Waals surface area contributed by atoms with Gasteiger partial charge in [0.2, 0.25) is 0 Å². The van der Waals surface area contributed by atoms with Crippen LogP contribution in [-0.2, 0) is 14.9 Å². The summed E-state index contributed by atoms with van der Waals surface area (Å²) in [4.78, 5) is 10.4. The lowest BCUT2D eigenvalue weighted by molar-refractivity contribution is -0.132. The van der Waals surface area contributed by atoms with E-state index in [1.165, 1.54) is 26.8 Å². The fraction of sp³-hybridized carbons (Fsp3) is 0.625. The van der Waals surface area contributed by atoms with Gasteiger partial charge in [0.1, 0.15) is 0 Å². The summed E-state index contributed by atoms with van der Waals surface area (Å²) in [5.74, 6) is -1.10. The minimum Gasteiger partial charge on any atom is -0.478 e. The van der Waals surface area contributed by atoms with Gasteiger partial charge in [-0.2, -0.15) is 8.42 Å². The molecule has 0 heterocycles. The lowest BCUT2D eigenvalue weighted by atomic mass is 10.1. The van der Waals surface area contributed by atoms with Gasteiger partial charge in [-0.15, -0.1) is 0 Å². The molecule has 82 valence electrons. The quantitative estimate of drug-likeness (QED) is 0.548. The first-order chi connectivity index (χ1) is 6.08. The molecule has 0 fully saturated rings. The van der Waals surface area contributed by atoms with E-state index >= 15 is 0 Å². The van der Waals surface area contributed by atoms with Crippen molar-refractivity contribution >= 4 is 16.1 Å². The average molecular weight is 222 g/mol. The summed E-state index contributed by atoms with van der Waals surface area (Å²) in [5, 5.41) is 8.50. The highest BCUT2D eigenvalue weighted by molar-refractivity contribution is 7.87. The third kappa shape index (κ3) is 3.47. The van der Waals surface area contributed by atoms with Crippen molar-refractivity contribution in [2.45, 2.75) is 31.9 Å². The smallest absolute Gasteiger partial charge is 0.330 e. The Morgan fingerprint density at radius 2 is 1.86 bits per heavy atom. The van der Waals surface area contributed by atoms with Gasteiger partial charge in [0.05, 0.1) is 4.75 Å². The van der Waals surface area contributed by atoms with Crippen LogP contribution in [0.2, 0.25) is 0 Å². The molecule has 0 saturated carbocycles. The minimum atomic E-state index is -4.16. The van der Waals surface area contributed by atoms with Gasteiger partial charge in [0, 0.05) is 5.57 Å². The Hall–Kier alpha value is -0.880. The SMILES string of the molecule is CC(=CCC(C)(C)S(=O)(=O)O)C(=O)O. The monoisotopic (exact) mass is 222 g/mol. The van der Waals surface area contributed by atoms with Crippen LogP contribution in [0.4, 0.5) is 0 Å². The van der Waals surface area contributed by atoms with Crippen molar-refractivity contribution < 1.29 is 22.9 Å². The van der Waals surface area contributed by atoms with E-state index in [4.69, 9.17) is 9.66 Å². The second-order valence-corrected chi connectivity index (χ2v) is 5.69. The van der Waals surface area contributed by atoms with Crippen LogP contribution in [0.25, 0.3) is 0 Å². The van der Waals surface area contributed by atoms with Gasteiger partial charge >= 0.3 is 5.97 Å². The topological polar surface area (TPSA) is 91.7 Å². The molecule has 14 heavy (non-hydrogen) atoms. The highest BCUT2D eigenvalue weighted by atomic mass is 32.2. The van der Waals surface area contributed by atoms with E-state index in [-0.39, 0.29) is 12.0 Å². The van der Waals surface area contributed by atoms with Crippen molar-refractivity contribution in [3.05, 3.63) is 11.6 Å². The van der Waals surface area contributed by atoms with Gasteiger partial charge in [-0.05, 0) is 27.2 Å². The Kier molecular flexibility index (Phi) is 3.84. The van der Waals surface area contributed by atoms with Crippen LogP contribution in [0.15, 0.2) is 11.6 Å². The fourth-order valence-electron chi connectivity index (χ4n) is 0.592. The molecule has 0 spiro atoms. The highest BCUT2D eigenvalue weighted by Crippen LogP contribution is 2.20. The molecule has 0 aromatic heterocycles. The van der Waals surface area contributed by atoms with E-state index < -0.39 is 20.8 Å². The molecule has 0 saturated heterocycles. The summed E-state index contributed by atoms with van der Waals surface area (Å²) >= 11 is 0. The van der Waals surface area contributed by atoms with Crippen LogP contribution in [0.1, 0.15) is 27.2 Å². The number of allylic oxidation sites excluding steroid dienone is 1. The molecule has 0 atom stereocenters. The van der Waals surface area contributed by atoms with E-state index in [0.717, 1.165) is 0 Å². The highest BCUT2D eigenvalue weighted by Gasteiger charge is 2.31. The van der Waals surface area contributed by atoms with Crippen molar-refractivity contribution in [2.75, 3.05) is 0 Å². The van der Waals surface area contributed by atoms with Crippen molar-refractivity contribution in [2.24, 2.45) is 0 Å². The molecule has 0 bridgehead atoms. The fourth-order valence-corrected chi connectivity index (χ4v) is 0.885. The number of carboxylic acids is 1. The van der Waals surface area contributed by atoms with E-state index in [1.807, 2.05) is 0 Å². The van der Waals surface area contributed by atoms with Gasteiger partial charge in [0.25, 0.3) is 10.1 Å². The number of carbonyl (C=O) groups is 1. The van der Waals surface area contributed by atoms with Crippen LogP contribution in [0.3, 0.4) is 0 Å². The Bertz CT molecular complexity index is 350. The first-order valence-electron chi connectivity index (χ1n) is 3.95. The van der Waals surface area contributed by atoms with E-state index in [0.29, 0.717) is 0 Å². The van der Waals surface area contributed by atoms with Crippen molar-refractivity contribution in [3.8, 4) is 0 Å². The third-order valence-corrected chi connectivity index (χ3v) is 3.50. The van der Waals surface area contributed by atoms with E-state index in [1.54, 1.807) is 0 Å². The Morgan fingerprint density at radius 1 is 1.43 bits per heavy atom. The molecule has 0 amide bonds. The second kappa shape index (κ2) is 4.10. The molecular weight excluding hydrogens is 208 g/mol. The number of aliphatic carboxylic acids is 1. The summed E-state index contributed by atoms with van der Waals surface area (Å²) in [5.41, 5.74) is 0.0572. The predicted octanol–water partition coefficient (Wildman–Crippen LogP) is 1.07. The number of rotatable bonds is 4. The van der Waals surface area contributed by atoms with Gasteiger partial charge in [-0.1, -0.05) is 6.08 Å². The zero-order valence-electron chi connectivity index (χ0n) is 8.31. The number of hydrogen-bond acceptors (Lipinski definition) is 3. The number of carboxylic acid groups (broad SMARTS) is 1. The standard InChI is InChI=1S/C8H14O5S/c1-6(7(9)10)4-5-8(2,3)14(11,12)13/h4H,5H2,1-3H3,(H,9,10)(H,11,12,13). The van der Waals surface area contributed by atoms with Crippen molar-refractivity contribution in [1.82, 2.24) is 0 Å². The summed E-state index contributed by atoms with van der Waals surface area (Å²) < 4.78 is 29.1. The van der Waals surface area contributed by atoms with Crippen LogP contribution < -0.4 is 0 Å². The van der Waals surface area contributed by atoms with Gasteiger partial charge < -0.3 is 5.11 Å². The maximum Gasteiger partial charge on any atom is 0.330 e. The van der Waals surface area contributed by atoms with Gasteiger partial charge in [-0.25, -0.2) is 4.79 Å². The molecule has 0 unspecified atom stereocenters. The molecule has 0 radical (unpaired) electrons. The largest absolute Gasteiger partial charge is 0.478 e. The van der Waals surface area contributed by atoms with Crippen LogP contribution in [-0.4, -0.2) is 28.8 Å². The van der Waals surface area contributed by atoms with Crippen LogP contribution >= 0.6 is 0 Å². The first kappa shape index (κ1) is 13.1. The lowest BCUT2D eigenvalue weighted by Crippen LogP contribution is -2.30. The first-order valence-corrected chi connectivity index (χ1v) is 5.39. The maximum atomic E-state index is 10.8. The summed E-state index contributed by atoms with van der Waals surface area (Å²) in [7, 11) is -4.16. The molecular formula is C8H14O5S. The van der Waals surface area contributed by atoms with Gasteiger partial charge in [-0.3, -0.25) is 4.55 Å². The summed E-state index contributed by atoms with van der Waals surface area (Å²) in [6.07, 6.45) is 1.24. The molecule has 2 N–H and O–H groups in total. The zero-order chi connectivity index (χ0) is 11.6. The van der Waals surface area contributed by atoms with Crippen molar-refractivity contribution in [3.63, 3.8) is 0 Å². The second-order valence-electron chi connectivity index (χ2n) is 3.63. The lowest BCUT2D eigenvalue weighted by Gasteiger charge is -2.18. The average Bonchev–Trinajstić information content (AvgIpc) is 1.97. The zero-order valence-corrected chi connectivity index (χ0v) is 9.13. The molecule has 5 nitrogen and oxygen atoms in total. The molecule has 0 rings (SSSR count). The minimum absolute atomic E-state index is 0.0377. The molecule has 0 aliphatic rings. The third-order valence-electron chi connectivity index (χ3n) is 1.94. The van der Waals surface area contributed by atoms with Gasteiger partial charge in [0.15, 0.2) is 0 Å². The Balaban J connectivity index is 4.72. The normalized spacial score (nSPS) is 14.1. The number of hydrogen-bond donors (Lipinski definition) is 2. The predicted molar refractivity (Wildman–Crippen MR) is 51.6 cm³/mol. The van der Waals surface area contributed by atoms with E-state index in [2.05, 4.69) is 0 Å². The summed E-state index contributed by atoms with van der Waals surface area (Å²) in [6.45, 7) is 4.02.